The fourth-order valence-electron chi connectivity index (χ4n) is 3.35. The van der Waals surface area contributed by atoms with Crippen molar-refractivity contribution in [3.05, 3.63) is 83.7 Å². The van der Waals surface area contributed by atoms with E-state index >= 15 is 0 Å². The van der Waals surface area contributed by atoms with Crippen LogP contribution in [0.5, 0.6) is 0 Å². The number of Topliss-reactive ketones (excluding diaryl/α,β-unsaturated/α-hetero) is 1. The molecular weight excluding hydrogens is 417 g/mol. The molecule has 8 heteroatoms. The second kappa shape index (κ2) is 13.8. The van der Waals surface area contributed by atoms with Gasteiger partial charge < -0.3 is 15.7 Å². The van der Waals surface area contributed by atoms with Crippen molar-refractivity contribution < 1.29 is 34.5 Å². The fraction of sp³-hybridized carbons (Fsp3) is 0.292. The van der Waals surface area contributed by atoms with E-state index in [0.29, 0.717) is 30.1 Å². The fourth-order valence-corrected chi connectivity index (χ4v) is 3.35. The minimum Gasteiger partial charge on any atom is -0.478 e. The van der Waals surface area contributed by atoms with Crippen LogP contribution in [0.3, 0.4) is 0 Å². The summed E-state index contributed by atoms with van der Waals surface area (Å²) in [6.07, 6.45) is 3.80. The van der Waals surface area contributed by atoms with Gasteiger partial charge in [0.25, 0.3) is 0 Å². The summed E-state index contributed by atoms with van der Waals surface area (Å²) in [5, 5.41) is 15.6. The van der Waals surface area contributed by atoms with Gasteiger partial charge in [-0.15, -0.1) is 0 Å². The normalized spacial score (nSPS) is 14.2. The molecule has 7 nitrogen and oxygen atoms in total. The maximum atomic E-state index is 12.9. The van der Waals surface area contributed by atoms with Crippen molar-refractivity contribution in [1.82, 2.24) is 4.90 Å². The predicted molar refractivity (Wildman–Crippen MR) is 118 cm³/mol. The third kappa shape index (κ3) is 10.1. The molecule has 2 aromatic rings. The number of hydrogen-bond donors (Lipinski definition) is 2. The zero-order chi connectivity index (χ0) is 22.6. The van der Waals surface area contributed by atoms with E-state index < -0.39 is 11.9 Å². The Morgan fingerprint density at radius 3 is 1.94 bits per heavy atom. The van der Waals surface area contributed by atoms with Crippen molar-refractivity contribution >= 4 is 17.7 Å². The molecule has 1 fully saturated rings. The van der Waals surface area contributed by atoms with Gasteiger partial charge in [0, 0.05) is 30.7 Å². The first kappa shape index (κ1) is 26.7. The summed E-state index contributed by atoms with van der Waals surface area (Å²) in [5.74, 6) is -2.23. The van der Waals surface area contributed by atoms with Gasteiger partial charge in [-0.3, -0.25) is 9.69 Å². The van der Waals surface area contributed by atoms with Crippen LogP contribution in [-0.4, -0.2) is 51.4 Å². The quantitative estimate of drug-likeness (QED) is 0.498. The van der Waals surface area contributed by atoms with Gasteiger partial charge in [-0.2, -0.15) is 0 Å². The Kier molecular flexibility index (Phi) is 11.5. The van der Waals surface area contributed by atoms with Gasteiger partial charge in [-0.05, 0) is 61.7 Å². The molecule has 0 unspecified atom stereocenters. The van der Waals surface area contributed by atoms with Gasteiger partial charge in [0.2, 0.25) is 0 Å². The largest absolute Gasteiger partial charge is 0.478 e. The zero-order valence-corrected chi connectivity index (χ0v) is 17.6. The number of benzene rings is 2. The predicted octanol–water partition coefficient (Wildman–Crippen LogP) is 3.20. The second-order valence-corrected chi connectivity index (χ2v) is 7.35. The van der Waals surface area contributed by atoms with Crippen molar-refractivity contribution in [1.29, 1.82) is 0 Å². The summed E-state index contributed by atoms with van der Waals surface area (Å²) in [6.45, 7) is 3.06. The highest BCUT2D eigenvalue weighted by molar-refractivity contribution is 5.96. The molecule has 0 aliphatic carbocycles. The third-order valence-electron chi connectivity index (χ3n) is 4.96. The summed E-state index contributed by atoms with van der Waals surface area (Å²) in [4.78, 5) is 33.8. The van der Waals surface area contributed by atoms with Crippen LogP contribution < -0.4 is 0 Å². The first-order valence-corrected chi connectivity index (χ1v) is 10.0. The molecule has 2 aromatic carbocycles. The highest BCUT2D eigenvalue weighted by atomic mass is 19.1. The van der Waals surface area contributed by atoms with E-state index in [9.17, 15) is 18.8 Å². The Labute approximate surface area is 186 Å². The Hall–Kier alpha value is -3.36. The summed E-state index contributed by atoms with van der Waals surface area (Å²) in [5.41, 5.74) is 1.96. The molecule has 1 aliphatic rings. The minimum atomic E-state index is -1.26. The topological polar surface area (TPSA) is 126 Å². The van der Waals surface area contributed by atoms with Crippen LogP contribution in [0.2, 0.25) is 0 Å². The smallest absolute Gasteiger partial charge is 0.328 e. The molecule has 0 atom stereocenters. The van der Waals surface area contributed by atoms with Crippen molar-refractivity contribution in [2.24, 2.45) is 5.92 Å². The molecule has 1 saturated heterocycles. The Morgan fingerprint density at radius 1 is 0.906 bits per heavy atom. The molecule has 3 rings (SSSR count). The van der Waals surface area contributed by atoms with E-state index in [1.807, 2.05) is 6.07 Å². The van der Waals surface area contributed by atoms with Crippen LogP contribution in [0.4, 0.5) is 4.39 Å². The number of carbonyl (C=O) groups excluding carboxylic acids is 1. The molecule has 0 radical (unpaired) electrons. The molecule has 4 N–H and O–H groups in total. The van der Waals surface area contributed by atoms with Crippen LogP contribution in [0.15, 0.2) is 66.7 Å². The van der Waals surface area contributed by atoms with E-state index in [0.717, 1.165) is 32.5 Å². The number of rotatable bonds is 7. The van der Waals surface area contributed by atoms with Crippen molar-refractivity contribution in [3.63, 3.8) is 0 Å². The van der Waals surface area contributed by atoms with E-state index in [4.69, 9.17) is 10.2 Å². The number of nitrogens with zero attached hydrogens (tertiary/aromatic N) is 1. The number of carboxylic acid groups (broad SMARTS) is 2. The lowest BCUT2D eigenvalue weighted by atomic mass is 9.89. The lowest BCUT2D eigenvalue weighted by molar-refractivity contribution is -0.134. The maximum Gasteiger partial charge on any atom is 0.328 e. The first-order chi connectivity index (χ1) is 14.8. The molecule has 0 bridgehead atoms. The number of likely N-dealkylation sites (tertiary alicyclic amines) is 1. The summed E-state index contributed by atoms with van der Waals surface area (Å²) >= 11 is 0. The van der Waals surface area contributed by atoms with Crippen molar-refractivity contribution in [3.8, 4) is 0 Å². The van der Waals surface area contributed by atoms with Gasteiger partial charge in [0.15, 0.2) is 5.78 Å². The number of ketones is 1. The monoisotopic (exact) mass is 445 g/mol. The molecular formula is C24H28FNO6. The van der Waals surface area contributed by atoms with Crippen LogP contribution in [0.1, 0.15) is 35.2 Å². The number of carbonyl (C=O) groups is 3. The molecule has 1 aliphatic heterocycles. The van der Waals surface area contributed by atoms with Gasteiger partial charge in [0.1, 0.15) is 5.82 Å². The number of carboxylic acids is 2. The van der Waals surface area contributed by atoms with Gasteiger partial charge in [-0.25, -0.2) is 14.0 Å². The maximum absolute atomic E-state index is 12.9. The van der Waals surface area contributed by atoms with Crippen LogP contribution in [0, 0.1) is 11.7 Å². The van der Waals surface area contributed by atoms with Crippen LogP contribution in [-0.2, 0) is 16.1 Å². The highest BCUT2D eigenvalue weighted by Gasteiger charge is 2.22. The van der Waals surface area contributed by atoms with Gasteiger partial charge in [-0.1, -0.05) is 30.3 Å². The Balaban J connectivity index is 0.000000491. The lowest BCUT2D eigenvalue weighted by Gasteiger charge is -2.31. The summed E-state index contributed by atoms with van der Waals surface area (Å²) in [6, 6.07) is 16.4. The van der Waals surface area contributed by atoms with Gasteiger partial charge >= 0.3 is 11.9 Å². The number of hydrogen-bond acceptors (Lipinski definition) is 4. The third-order valence-corrected chi connectivity index (χ3v) is 4.96. The average Bonchev–Trinajstić information content (AvgIpc) is 2.75. The molecule has 0 aromatic heterocycles. The molecule has 0 saturated carbocycles. The van der Waals surface area contributed by atoms with E-state index in [1.165, 1.54) is 17.7 Å². The highest BCUT2D eigenvalue weighted by Crippen LogP contribution is 2.23. The van der Waals surface area contributed by atoms with E-state index in [-0.39, 0.29) is 17.1 Å². The SMILES string of the molecule is O.O=C(CC1CCN(Cc2ccccc2)CC1)c1ccc(F)cc1.O=C(O)/C=C\C(=O)O. The first-order valence-electron chi connectivity index (χ1n) is 10.0. The van der Waals surface area contributed by atoms with Gasteiger partial charge in [0.05, 0.1) is 0 Å². The summed E-state index contributed by atoms with van der Waals surface area (Å²) in [7, 11) is 0. The second-order valence-electron chi connectivity index (χ2n) is 7.35. The molecule has 0 spiro atoms. The standard InChI is InChI=1S/C20H22FNO.C4H4O4.H2O/c21-19-8-6-18(7-9-19)20(23)14-16-10-12-22(13-11-16)15-17-4-2-1-3-5-17;5-3(6)1-2-4(7)8;/h1-9,16H,10-15H2;1-2H,(H,5,6)(H,7,8);1H2/b;2-1-;. The molecule has 1 heterocycles. The Bertz CT molecular complexity index is 874. The van der Waals surface area contributed by atoms with Crippen LogP contribution >= 0.6 is 0 Å². The zero-order valence-electron chi connectivity index (χ0n) is 17.6. The van der Waals surface area contributed by atoms with E-state index in [2.05, 4.69) is 29.2 Å². The minimum absolute atomic E-state index is 0. The lowest BCUT2D eigenvalue weighted by Crippen LogP contribution is -2.33. The number of piperidine rings is 1. The van der Waals surface area contributed by atoms with Crippen molar-refractivity contribution in [2.45, 2.75) is 25.8 Å². The van der Waals surface area contributed by atoms with Crippen LogP contribution in [0.25, 0.3) is 0 Å². The van der Waals surface area contributed by atoms with Crippen molar-refractivity contribution in [2.75, 3.05) is 13.1 Å². The summed E-state index contributed by atoms with van der Waals surface area (Å²) < 4.78 is 12.9. The molecule has 0 amide bonds. The number of aliphatic carboxylic acids is 2. The Morgan fingerprint density at radius 2 is 1.44 bits per heavy atom. The molecule has 32 heavy (non-hydrogen) atoms. The molecule has 172 valence electrons. The number of halogens is 1. The average molecular weight is 445 g/mol. The van der Waals surface area contributed by atoms with E-state index in [1.54, 1.807) is 12.1 Å².